The lowest BCUT2D eigenvalue weighted by atomic mass is 10.1. The van der Waals surface area contributed by atoms with Crippen molar-refractivity contribution >= 4 is 58.1 Å². The van der Waals surface area contributed by atoms with Crippen LogP contribution in [-0.4, -0.2) is 48.8 Å². The topological polar surface area (TPSA) is 171 Å². The van der Waals surface area contributed by atoms with E-state index in [0.29, 0.717) is 34.8 Å². The van der Waals surface area contributed by atoms with E-state index in [0.717, 1.165) is 22.5 Å². The molecule has 0 aliphatic rings. The summed E-state index contributed by atoms with van der Waals surface area (Å²) in [6, 6.07) is 10.8. The van der Waals surface area contributed by atoms with Gasteiger partial charge < -0.3 is 21.1 Å². The molecule has 0 aromatic carbocycles. The normalized spacial score (nSPS) is 10.7. The summed E-state index contributed by atoms with van der Waals surface area (Å²) < 4.78 is 4.99. The Morgan fingerprint density at radius 2 is 1.18 bits per heavy atom. The van der Waals surface area contributed by atoms with Gasteiger partial charge in [0, 0.05) is 23.5 Å². The van der Waals surface area contributed by atoms with Crippen LogP contribution in [-0.2, 0) is 4.74 Å². The molecule has 232 valence electrons. The Bertz CT molecular complexity index is 1650. The average Bonchev–Trinajstić information content (AvgIpc) is 2.93. The molecule has 14 heteroatoms. The van der Waals surface area contributed by atoms with Crippen LogP contribution in [0.1, 0.15) is 89.9 Å². The predicted octanol–water partition coefficient (Wildman–Crippen LogP) is 6.68. The Labute approximate surface area is 266 Å². The predicted molar refractivity (Wildman–Crippen MR) is 171 cm³/mol. The number of ether oxygens (including phenoxy) is 1. The van der Waals surface area contributed by atoms with Crippen molar-refractivity contribution in [3.8, 4) is 0 Å². The SMILES string of the molecule is CCOC(=O)c1nnc(Cl)cc1Nc1cc(C)cc(C(C)C)n1.Cc1cc(Nc2cc(Cl)nnc2C(N)=O)nc(C(C)C)c1. The van der Waals surface area contributed by atoms with Crippen molar-refractivity contribution in [1.29, 1.82) is 0 Å². The average molecular weight is 641 g/mol. The number of carbonyl (C=O) groups excluding carboxylic acids is 2. The van der Waals surface area contributed by atoms with Crippen LogP contribution in [0.15, 0.2) is 36.4 Å². The fourth-order valence-electron chi connectivity index (χ4n) is 3.84. The number of primary amides is 1. The molecule has 4 N–H and O–H groups in total. The minimum absolute atomic E-state index is 0.0220. The Morgan fingerprint density at radius 3 is 1.59 bits per heavy atom. The van der Waals surface area contributed by atoms with E-state index >= 15 is 0 Å². The van der Waals surface area contributed by atoms with E-state index in [2.05, 4.69) is 68.7 Å². The monoisotopic (exact) mass is 639 g/mol. The molecule has 0 unspecified atom stereocenters. The van der Waals surface area contributed by atoms with Gasteiger partial charge in [0.25, 0.3) is 5.91 Å². The second-order valence-electron chi connectivity index (χ2n) is 10.4. The number of rotatable bonds is 9. The van der Waals surface area contributed by atoms with Crippen LogP contribution in [0, 0.1) is 13.8 Å². The molecule has 0 radical (unpaired) electrons. The summed E-state index contributed by atoms with van der Waals surface area (Å²) in [5.41, 5.74) is 10.2. The molecule has 4 aromatic rings. The van der Waals surface area contributed by atoms with Crippen molar-refractivity contribution in [2.24, 2.45) is 5.73 Å². The fourth-order valence-corrected chi connectivity index (χ4v) is 4.14. The highest BCUT2D eigenvalue weighted by atomic mass is 35.5. The summed E-state index contributed by atoms with van der Waals surface area (Å²) in [4.78, 5) is 32.4. The van der Waals surface area contributed by atoms with Crippen molar-refractivity contribution < 1.29 is 14.3 Å². The van der Waals surface area contributed by atoms with Crippen molar-refractivity contribution in [2.45, 2.75) is 60.3 Å². The number of carbonyl (C=O) groups is 2. The molecule has 0 atom stereocenters. The van der Waals surface area contributed by atoms with Gasteiger partial charge in [-0.3, -0.25) is 4.79 Å². The lowest BCUT2D eigenvalue weighted by molar-refractivity contribution is 0.0519. The van der Waals surface area contributed by atoms with Gasteiger partial charge in [0.2, 0.25) is 0 Å². The minimum atomic E-state index is -0.682. The number of hydrogen-bond acceptors (Lipinski definition) is 11. The number of nitrogens with one attached hydrogen (secondary N) is 2. The standard InChI is InChI=1S/C16H19ClN4O2.C14H16ClN5O/c1-5-23-16(22)15-12(8-13(17)20-21-15)19-14-7-10(4)6-11(18-14)9(2)3;1-7(2)9-4-8(3)5-12(17-9)18-10-6-11(15)19-20-13(10)14(16)21/h6-9H,5H2,1-4H3,(H,18,19,20);4-7H,1-3H3,(H2,16,21)(H,17,18,19). The van der Waals surface area contributed by atoms with Crippen LogP contribution in [0.3, 0.4) is 0 Å². The molecule has 0 saturated heterocycles. The van der Waals surface area contributed by atoms with Crippen LogP contribution >= 0.6 is 23.2 Å². The number of amides is 1. The summed E-state index contributed by atoms with van der Waals surface area (Å²) in [6.45, 7) is 14.2. The van der Waals surface area contributed by atoms with Gasteiger partial charge >= 0.3 is 5.97 Å². The third kappa shape index (κ3) is 9.55. The second kappa shape index (κ2) is 15.3. The highest BCUT2D eigenvalue weighted by Crippen LogP contribution is 2.25. The maximum atomic E-state index is 12.0. The van der Waals surface area contributed by atoms with Crippen molar-refractivity contribution in [1.82, 2.24) is 30.4 Å². The molecule has 0 saturated carbocycles. The van der Waals surface area contributed by atoms with E-state index in [1.807, 2.05) is 38.1 Å². The minimum Gasteiger partial charge on any atom is -0.461 e. The summed E-state index contributed by atoms with van der Waals surface area (Å²) >= 11 is 11.7. The smallest absolute Gasteiger partial charge is 0.361 e. The van der Waals surface area contributed by atoms with Crippen LogP contribution in [0.25, 0.3) is 0 Å². The van der Waals surface area contributed by atoms with Gasteiger partial charge in [-0.2, -0.15) is 0 Å². The third-order valence-corrected chi connectivity index (χ3v) is 6.29. The van der Waals surface area contributed by atoms with Crippen molar-refractivity contribution in [3.05, 3.63) is 80.6 Å². The van der Waals surface area contributed by atoms with Crippen LogP contribution in [0.5, 0.6) is 0 Å². The highest BCUT2D eigenvalue weighted by molar-refractivity contribution is 6.30. The molecular formula is C30H35Cl2N9O3. The molecule has 12 nitrogen and oxygen atoms in total. The molecule has 1 amide bonds. The molecule has 4 heterocycles. The van der Waals surface area contributed by atoms with Crippen molar-refractivity contribution in [3.63, 3.8) is 0 Å². The maximum Gasteiger partial charge on any atom is 0.361 e. The van der Waals surface area contributed by atoms with Crippen LogP contribution < -0.4 is 16.4 Å². The largest absolute Gasteiger partial charge is 0.461 e. The first-order chi connectivity index (χ1) is 20.8. The highest BCUT2D eigenvalue weighted by Gasteiger charge is 2.18. The Balaban J connectivity index is 0.000000241. The fraction of sp³-hybridized carbons (Fsp3) is 0.333. The van der Waals surface area contributed by atoms with Gasteiger partial charge in [-0.1, -0.05) is 50.9 Å². The number of anilines is 4. The number of aromatic nitrogens is 6. The summed E-state index contributed by atoms with van der Waals surface area (Å²) in [6.07, 6.45) is 0. The number of hydrogen-bond donors (Lipinski definition) is 3. The number of esters is 1. The van der Waals surface area contributed by atoms with Gasteiger partial charge in [-0.05, 0) is 68.0 Å². The first-order valence-electron chi connectivity index (χ1n) is 13.8. The molecule has 0 fully saturated rings. The quantitative estimate of drug-likeness (QED) is 0.167. The zero-order valence-electron chi connectivity index (χ0n) is 25.6. The zero-order chi connectivity index (χ0) is 32.6. The molecule has 44 heavy (non-hydrogen) atoms. The molecule has 4 aromatic heterocycles. The van der Waals surface area contributed by atoms with Gasteiger partial charge in [0.1, 0.15) is 11.6 Å². The molecule has 4 rings (SSSR count). The number of pyridine rings is 2. The summed E-state index contributed by atoms with van der Waals surface area (Å²) in [7, 11) is 0. The maximum absolute atomic E-state index is 12.0. The van der Waals surface area contributed by atoms with Crippen molar-refractivity contribution in [2.75, 3.05) is 17.2 Å². The van der Waals surface area contributed by atoms with E-state index in [-0.39, 0.29) is 28.3 Å². The lowest BCUT2D eigenvalue weighted by Gasteiger charge is -2.13. The van der Waals surface area contributed by atoms with E-state index in [1.165, 1.54) is 12.1 Å². The first kappa shape index (κ1) is 34.1. The number of halogens is 2. The third-order valence-electron chi connectivity index (χ3n) is 5.92. The Morgan fingerprint density at radius 1 is 0.750 bits per heavy atom. The molecule has 0 aliphatic heterocycles. The number of aryl methyl sites for hydroxylation is 2. The van der Waals surface area contributed by atoms with Crippen LogP contribution in [0.2, 0.25) is 10.3 Å². The molecular weight excluding hydrogens is 605 g/mol. The number of nitrogens with two attached hydrogens (primary N) is 1. The molecule has 0 bridgehead atoms. The van der Waals surface area contributed by atoms with Gasteiger partial charge in [-0.25, -0.2) is 14.8 Å². The Hall–Kier alpha value is -4.42. The second-order valence-corrected chi connectivity index (χ2v) is 11.2. The summed E-state index contributed by atoms with van der Waals surface area (Å²) in [5.74, 6) is 0.558. The molecule has 0 spiro atoms. The Kier molecular flexibility index (Phi) is 11.9. The first-order valence-corrected chi connectivity index (χ1v) is 14.6. The van der Waals surface area contributed by atoms with E-state index in [4.69, 9.17) is 33.7 Å². The van der Waals surface area contributed by atoms with Gasteiger partial charge in [-0.15, -0.1) is 20.4 Å². The number of nitrogens with zero attached hydrogens (tertiary/aromatic N) is 6. The van der Waals surface area contributed by atoms with Gasteiger partial charge in [0.05, 0.1) is 18.0 Å². The zero-order valence-corrected chi connectivity index (χ0v) is 27.1. The van der Waals surface area contributed by atoms with E-state index in [1.54, 1.807) is 6.92 Å². The lowest BCUT2D eigenvalue weighted by Crippen LogP contribution is -2.16. The van der Waals surface area contributed by atoms with E-state index in [9.17, 15) is 9.59 Å². The van der Waals surface area contributed by atoms with Gasteiger partial charge in [0.15, 0.2) is 21.7 Å². The molecule has 0 aliphatic carbocycles. The summed E-state index contributed by atoms with van der Waals surface area (Å²) in [5, 5.41) is 21.3. The van der Waals surface area contributed by atoms with E-state index < -0.39 is 11.9 Å². The van der Waals surface area contributed by atoms with Crippen LogP contribution in [0.4, 0.5) is 23.0 Å².